The molecule has 0 aromatic rings. The number of methoxy groups -OCH3 is 1. The van der Waals surface area contributed by atoms with Gasteiger partial charge in [0.1, 0.15) is 6.10 Å². The quantitative estimate of drug-likeness (QED) is 0.615. The van der Waals surface area contributed by atoms with Crippen LogP contribution in [0.5, 0.6) is 0 Å². The van der Waals surface area contributed by atoms with Crippen LogP contribution in [-0.2, 0) is 14.3 Å². The molecule has 2 amide bonds. The second-order valence-electron chi connectivity index (χ2n) is 7.82. The zero-order valence-electron chi connectivity index (χ0n) is 16.3. The monoisotopic (exact) mass is 352 g/mol. The van der Waals surface area contributed by atoms with Crippen LogP contribution in [0.2, 0.25) is 0 Å². The third-order valence-electron chi connectivity index (χ3n) is 5.75. The fourth-order valence-corrected chi connectivity index (χ4v) is 3.85. The van der Waals surface area contributed by atoms with Crippen LogP contribution in [0.1, 0.15) is 71.6 Å². The van der Waals surface area contributed by atoms with Crippen molar-refractivity contribution in [3.8, 4) is 0 Å². The fraction of sp³-hybridized carbons (Fsp3) is 0.900. The Morgan fingerprint density at radius 3 is 2.32 bits per heavy atom. The van der Waals surface area contributed by atoms with E-state index >= 15 is 0 Å². The summed E-state index contributed by atoms with van der Waals surface area (Å²) in [4.78, 5) is 26.6. The molecule has 1 heterocycles. The van der Waals surface area contributed by atoms with Gasteiger partial charge in [-0.05, 0) is 50.9 Å². The molecule has 0 aromatic heterocycles. The molecule has 25 heavy (non-hydrogen) atoms. The summed E-state index contributed by atoms with van der Waals surface area (Å²) in [6.45, 7) is 5.85. The highest BCUT2D eigenvalue weighted by Crippen LogP contribution is 2.35. The Morgan fingerprint density at radius 2 is 1.76 bits per heavy atom. The molecule has 1 aliphatic carbocycles. The van der Waals surface area contributed by atoms with Gasteiger partial charge in [0.2, 0.25) is 5.91 Å². The summed E-state index contributed by atoms with van der Waals surface area (Å²) < 4.78 is 5.42. The highest BCUT2D eigenvalue weighted by Gasteiger charge is 2.39. The average Bonchev–Trinajstić information content (AvgIpc) is 3.44. The molecule has 1 saturated carbocycles. The van der Waals surface area contributed by atoms with E-state index < -0.39 is 0 Å². The van der Waals surface area contributed by atoms with Gasteiger partial charge in [0, 0.05) is 32.7 Å². The Bertz CT molecular complexity index is 429. The van der Waals surface area contributed by atoms with Crippen molar-refractivity contribution >= 4 is 11.8 Å². The maximum atomic E-state index is 12.6. The van der Waals surface area contributed by atoms with E-state index in [4.69, 9.17) is 4.74 Å². The smallest absolute Gasteiger partial charge is 0.251 e. The van der Waals surface area contributed by atoms with Crippen LogP contribution in [0.3, 0.4) is 0 Å². The fourth-order valence-electron chi connectivity index (χ4n) is 3.85. The van der Waals surface area contributed by atoms with Crippen molar-refractivity contribution in [2.24, 2.45) is 11.8 Å². The number of likely N-dealkylation sites (tertiary alicyclic amines) is 1. The zero-order chi connectivity index (χ0) is 18.2. The van der Waals surface area contributed by atoms with E-state index in [9.17, 15) is 9.59 Å². The van der Waals surface area contributed by atoms with E-state index in [1.54, 1.807) is 7.11 Å². The topological polar surface area (TPSA) is 58.6 Å². The Labute approximate surface area is 152 Å². The molecule has 2 rings (SSSR count). The predicted octanol–water partition coefficient (Wildman–Crippen LogP) is 3.13. The summed E-state index contributed by atoms with van der Waals surface area (Å²) in [5, 5.41) is 3.17. The average molecular weight is 353 g/mol. The molecule has 1 unspecified atom stereocenters. The summed E-state index contributed by atoms with van der Waals surface area (Å²) in [6.07, 6.45) is 9.08. The number of carbonyl (C=O) groups is 2. The molecule has 2 aliphatic rings. The molecule has 5 heteroatoms. The van der Waals surface area contributed by atoms with Crippen molar-refractivity contribution in [1.29, 1.82) is 0 Å². The van der Waals surface area contributed by atoms with Crippen LogP contribution < -0.4 is 5.32 Å². The number of unbranched alkanes of at least 4 members (excludes halogenated alkanes) is 3. The molecule has 1 saturated heterocycles. The van der Waals surface area contributed by atoms with E-state index in [2.05, 4.69) is 19.2 Å². The lowest BCUT2D eigenvalue weighted by molar-refractivity contribution is -0.145. The predicted molar refractivity (Wildman–Crippen MR) is 99.2 cm³/mol. The third kappa shape index (κ3) is 6.28. The summed E-state index contributed by atoms with van der Waals surface area (Å²) in [5.74, 6) is 1.23. The number of piperidine rings is 1. The van der Waals surface area contributed by atoms with E-state index in [1.165, 1.54) is 12.8 Å². The summed E-state index contributed by atoms with van der Waals surface area (Å²) in [5.41, 5.74) is 0. The molecule has 144 valence electrons. The van der Waals surface area contributed by atoms with Gasteiger partial charge in [0.05, 0.1) is 0 Å². The first kappa shape index (κ1) is 20.2. The zero-order valence-corrected chi connectivity index (χ0v) is 16.3. The van der Waals surface area contributed by atoms with Crippen molar-refractivity contribution in [3.63, 3.8) is 0 Å². The molecule has 2 fully saturated rings. The third-order valence-corrected chi connectivity index (χ3v) is 5.75. The van der Waals surface area contributed by atoms with E-state index in [0.717, 1.165) is 51.6 Å². The molecule has 0 aromatic carbocycles. The lowest BCUT2D eigenvalue weighted by Gasteiger charge is -2.36. The highest BCUT2D eigenvalue weighted by molar-refractivity contribution is 5.81. The normalized spacial score (nSPS) is 21.0. The Kier molecular flexibility index (Phi) is 8.20. The molecular formula is C20H36N2O3. The van der Waals surface area contributed by atoms with E-state index in [1.807, 2.05) is 4.90 Å². The first-order chi connectivity index (χ1) is 12.1. The molecule has 1 aliphatic heterocycles. The second kappa shape index (κ2) is 10.1. The highest BCUT2D eigenvalue weighted by atomic mass is 16.5. The summed E-state index contributed by atoms with van der Waals surface area (Å²) in [7, 11) is 1.64. The van der Waals surface area contributed by atoms with Crippen molar-refractivity contribution < 1.29 is 14.3 Å². The number of hydrogen-bond donors (Lipinski definition) is 1. The molecule has 0 bridgehead atoms. The van der Waals surface area contributed by atoms with Crippen LogP contribution in [0.4, 0.5) is 0 Å². The van der Waals surface area contributed by atoms with E-state index in [-0.39, 0.29) is 24.0 Å². The molecule has 0 radical (unpaired) electrons. The first-order valence-corrected chi connectivity index (χ1v) is 10.2. The van der Waals surface area contributed by atoms with Gasteiger partial charge in [-0.25, -0.2) is 0 Å². The van der Waals surface area contributed by atoms with Crippen molar-refractivity contribution in [2.45, 2.75) is 83.8 Å². The van der Waals surface area contributed by atoms with E-state index in [0.29, 0.717) is 18.3 Å². The Balaban J connectivity index is 1.68. The van der Waals surface area contributed by atoms with Gasteiger partial charge < -0.3 is 15.0 Å². The summed E-state index contributed by atoms with van der Waals surface area (Å²) >= 11 is 0. The minimum Gasteiger partial charge on any atom is -0.371 e. The minimum atomic E-state index is -0.239. The number of nitrogens with zero attached hydrogens (tertiary/aromatic N) is 1. The molecule has 0 spiro atoms. The van der Waals surface area contributed by atoms with Crippen LogP contribution in [0.15, 0.2) is 0 Å². The van der Waals surface area contributed by atoms with Gasteiger partial charge in [0.15, 0.2) is 0 Å². The second-order valence-corrected chi connectivity index (χ2v) is 7.82. The lowest BCUT2D eigenvalue weighted by Crippen LogP contribution is -2.48. The number of rotatable bonds is 10. The van der Waals surface area contributed by atoms with Gasteiger partial charge >= 0.3 is 0 Å². The lowest BCUT2D eigenvalue weighted by atomic mass is 9.90. The Hall–Kier alpha value is -1.10. The Morgan fingerprint density at radius 1 is 1.08 bits per heavy atom. The molecule has 1 N–H and O–H groups in total. The van der Waals surface area contributed by atoms with Crippen molar-refractivity contribution in [1.82, 2.24) is 10.2 Å². The van der Waals surface area contributed by atoms with Gasteiger partial charge in [-0.15, -0.1) is 0 Å². The number of nitrogens with one attached hydrogen (secondary N) is 1. The number of amides is 2. The maximum Gasteiger partial charge on any atom is 0.251 e. The maximum absolute atomic E-state index is 12.6. The number of ether oxygens (including phenoxy) is 1. The standard InChI is InChI=1S/C20H36N2O3/c1-4-5-6-7-8-18(23)21-15(2)16-11-13-22(14-12-16)20(24)19(25-3)17-9-10-17/h15-17,19H,4-14H2,1-3H3,(H,21,23)/t15-,19?/m1/s1. The van der Waals surface area contributed by atoms with Gasteiger partial charge in [-0.3, -0.25) is 9.59 Å². The molecule has 5 nitrogen and oxygen atoms in total. The largest absolute Gasteiger partial charge is 0.371 e. The number of hydrogen-bond acceptors (Lipinski definition) is 3. The minimum absolute atomic E-state index is 0.163. The van der Waals surface area contributed by atoms with Crippen LogP contribution in [0.25, 0.3) is 0 Å². The van der Waals surface area contributed by atoms with Crippen LogP contribution in [0, 0.1) is 11.8 Å². The first-order valence-electron chi connectivity index (χ1n) is 10.2. The van der Waals surface area contributed by atoms with Gasteiger partial charge in [-0.2, -0.15) is 0 Å². The van der Waals surface area contributed by atoms with Crippen molar-refractivity contribution in [2.75, 3.05) is 20.2 Å². The van der Waals surface area contributed by atoms with Gasteiger partial charge in [-0.1, -0.05) is 26.2 Å². The summed E-state index contributed by atoms with van der Waals surface area (Å²) in [6, 6.07) is 0.192. The van der Waals surface area contributed by atoms with Crippen molar-refractivity contribution in [3.05, 3.63) is 0 Å². The SMILES string of the molecule is CCCCCCC(=O)N[C@H](C)C1CCN(C(=O)C(OC)C2CC2)CC1. The number of carbonyl (C=O) groups excluding carboxylic acids is 2. The molecular weight excluding hydrogens is 316 g/mol. The van der Waals surface area contributed by atoms with Gasteiger partial charge in [0.25, 0.3) is 5.91 Å². The van der Waals surface area contributed by atoms with Crippen LogP contribution in [-0.4, -0.2) is 49.1 Å². The van der Waals surface area contributed by atoms with Crippen LogP contribution >= 0.6 is 0 Å². The molecule has 2 atom stereocenters.